The normalized spacial score (nSPS) is 17.6. The van der Waals surface area contributed by atoms with Crippen molar-refractivity contribution in [3.05, 3.63) is 106 Å². The van der Waals surface area contributed by atoms with Gasteiger partial charge in [-0.05, 0) is 42.8 Å². The number of hydrogen-bond acceptors (Lipinski definition) is 4. The Hall–Kier alpha value is -4.26. The summed E-state index contributed by atoms with van der Waals surface area (Å²) >= 11 is 0. The molecule has 1 saturated heterocycles. The van der Waals surface area contributed by atoms with Gasteiger partial charge in [-0.2, -0.15) is 0 Å². The number of aliphatic hydroxyl groups is 1. The number of carbonyl (C=O) groups is 3. The molecule has 0 saturated carbocycles. The van der Waals surface area contributed by atoms with Gasteiger partial charge in [0.05, 0.1) is 17.2 Å². The van der Waals surface area contributed by atoms with Crippen LogP contribution in [0.1, 0.15) is 33.1 Å². The monoisotopic (exact) mass is 431 g/mol. The summed E-state index contributed by atoms with van der Waals surface area (Å²) in [7, 11) is 0. The minimum absolute atomic E-state index is 0.0825. The number of rotatable bonds is 4. The topological polar surface area (TPSA) is 94.9 Å². The Balaban J connectivity index is 1.96. The van der Waals surface area contributed by atoms with Crippen LogP contribution in [-0.4, -0.2) is 27.9 Å². The van der Waals surface area contributed by atoms with Crippen molar-refractivity contribution in [2.24, 2.45) is 0 Å². The first-order chi connectivity index (χ1) is 15.3. The molecule has 0 aromatic heterocycles. The van der Waals surface area contributed by atoms with Crippen molar-refractivity contribution in [3.8, 4) is 0 Å². The average molecular weight is 431 g/mol. The summed E-state index contributed by atoms with van der Waals surface area (Å²) in [5, 5.41) is 20.3. The number of aliphatic hydroxyl groups excluding tert-OH is 1. The van der Waals surface area contributed by atoms with E-state index in [0.717, 1.165) is 10.5 Å². The third kappa shape index (κ3) is 3.65. The minimum atomic E-state index is -1.20. The SMILES string of the molecule is Cc1ccc(/C(O)=C2/C(=O)C(=O)N(c3cccc(C(=O)O)c3)C2c2cccc(F)c2)cc1. The van der Waals surface area contributed by atoms with Gasteiger partial charge in [-0.15, -0.1) is 0 Å². The molecule has 1 aliphatic rings. The molecule has 3 aromatic rings. The zero-order chi connectivity index (χ0) is 23.0. The van der Waals surface area contributed by atoms with Gasteiger partial charge in [-0.25, -0.2) is 9.18 Å². The van der Waals surface area contributed by atoms with Gasteiger partial charge in [0.1, 0.15) is 11.6 Å². The molecule has 1 atom stereocenters. The van der Waals surface area contributed by atoms with Crippen molar-refractivity contribution in [1.29, 1.82) is 0 Å². The van der Waals surface area contributed by atoms with Gasteiger partial charge < -0.3 is 10.2 Å². The first-order valence-electron chi connectivity index (χ1n) is 9.75. The van der Waals surface area contributed by atoms with Gasteiger partial charge in [-0.3, -0.25) is 14.5 Å². The number of carboxylic acid groups (broad SMARTS) is 1. The number of aromatic carboxylic acids is 1. The molecule has 0 spiro atoms. The first-order valence-corrected chi connectivity index (χ1v) is 9.75. The highest BCUT2D eigenvalue weighted by Gasteiger charge is 2.47. The lowest BCUT2D eigenvalue weighted by Gasteiger charge is -2.25. The number of carboxylic acids is 1. The van der Waals surface area contributed by atoms with Crippen LogP contribution in [0, 0.1) is 12.7 Å². The van der Waals surface area contributed by atoms with E-state index in [0.29, 0.717) is 5.56 Å². The molecule has 160 valence electrons. The van der Waals surface area contributed by atoms with Crippen molar-refractivity contribution >= 4 is 29.1 Å². The van der Waals surface area contributed by atoms with E-state index >= 15 is 0 Å². The van der Waals surface area contributed by atoms with Crippen molar-refractivity contribution in [2.45, 2.75) is 13.0 Å². The zero-order valence-corrected chi connectivity index (χ0v) is 16.9. The highest BCUT2D eigenvalue weighted by atomic mass is 19.1. The molecule has 1 fully saturated rings. The van der Waals surface area contributed by atoms with Gasteiger partial charge in [0.15, 0.2) is 0 Å². The highest BCUT2D eigenvalue weighted by Crippen LogP contribution is 2.42. The fourth-order valence-electron chi connectivity index (χ4n) is 3.75. The summed E-state index contributed by atoms with van der Waals surface area (Å²) in [6.45, 7) is 1.87. The molecule has 4 rings (SSSR count). The second kappa shape index (κ2) is 8.11. The lowest BCUT2D eigenvalue weighted by molar-refractivity contribution is -0.132. The van der Waals surface area contributed by atoms with Crippen LogP contribution in [-0.2, 0) is 9.59 Å². The third-order valence-electron chi connectivity index (χ3n) is 5.31. The molecule has 32 heavy (non-hydrogen) atoms. The summed E-state index contributed by atoms with van der Waals surface area (Å²) < 4.78 is 14.1. The predicted molar refractivity (Wildman–Crippen MR) is 116 cm³/mol. The van der Waals surface area contributed by atoms with E-state index in [1.54, 1.807) is 24.3 Å². The van der Waals surface area contributed by atoms with Gasteiger partial charge in [0.2, 0.25) is 0 Å². The highest BCUT2D eigenvalue weighted by molar-refractivity contribution is 6.51. The van der Waals surface area contributed by atoms with Crippen LogP contribution in [0.5, 0.6) is 0 Å². The second-order valence-corrected chi connectivity index (χ2v) is 7.45. The third-order valence-corrected chi connectivity index (χ3v) is 5.31. The molecule has 2 N–H and O–H groups in total. The predicted octanol–water partition coefficient (Wildman–Crippen LogP) is 4.46. The molecule has 1 aliphatic heterocycles. The average Bonchev–Trinajstić information content (AvgIpc) is 3.04. The summed E-state index contributed by atoms with van der Waals surface area (Å²) in [5.41, 5.74) is 1.39. The maximum atomic E-state index is 14.1. The molecule has 0 radical (unpaired) electrons. The van der Waals surface area contributed by atoms with E-state index in [1.165, 1.54) is 48.5 Å². The van der Waals surface area contributed by atoms with Gasteiger partial charge in [0.25, 0.3) is 11.7 Å². The number of aryl methyl sites for hydroxylation is 1. The largest absolute Gasteiger partial charge is 0.507 e. The molecule has 0 aliphatic carbocycles. The Morgan fingerprint density at radius 2 is 1.59 bits per heavy atom. The van der Waals surface area contributed by atoms with Crippen molar-refractivity contribution in [1.82, 2.24) is 0 Å². The maximum absolute atomic E-state index is 14.1. The quantitative estimate of drug-likeness (QED) is 0.361. The van der Waals surface area contributed by atoms with Crippen LogP contribution in [0.25, 0.3) is 5.76 Å². The summed E-state index contributed by atoms with van der Waals surface area (Å²) in [6.07, 6.45) is 0. The van der Waals surface area contributed by atoms with Crippen molar-refractivity contribution in [3.63, 3.8) is 0 Å². The van der Waals surface area contributed by atoms with Gasteiger partial charge in [-0.1, -0.05) is 48.0 Å². The fourth-order valence-corrected chi connectivity index (χ4v) is 3.75. The van der Waals surface area contributed by atoms with Crippen LogP contribution < -0.4 is 4.90 Å². The van der Waals surface area contributed by atoms with E-state index in [4.69, 9.17) is 0 Å². The first kappa shape index (κ1) is 21.0. The number of anilines is 1. The van der Waals surface area contributed by atoms with E-state index in [9.17, 15) is 29.0 Å². The molecule has 1 heterocycles. The number of nitrogens with zero attached hydrogens (tertiary/aromatic N) is 1. The number of benzene rings is 3. The molecule has 3 aromatic carbocycles. The van der Waals surface area contributed by atoms with Crippen molar-refractivity contribution < 1.29 is 29.0 Å². The van der Waals surface area contributed by atoms with Gasteiger partial charge >= 0.3 is 5.97 Å². The summed E-state index contributed by atoms with van der Waals surface area (Å²) in [5.74, 6) is -4.07. The Morgan fingerprint density at radius 1 is 0.906 bits per heavy atom. The smallest absolute Gasteiger partial charge is 0.335 e. The van der Waals surface area contributed by atoms with E-state index in [1.807, 2.05) is 6.92 Å². The lowest BCUT2D eigenvalue weighted by Crippen LogP contribution is -2.29. The molecule has 7 heteroatoms. The number of amides is 1. The number of carbonyl (C=O) groups excluding carboxylic acids is 2. The Labute approximate surface area is 182 Å². The fraction of sp³-hybridized carbons (Fsp3) is 0.0800. The number of ketones is 1. The van der Waals surface area contributed by atoms with Gasteiger partial charge in [0, 0.05) is 11.3 Å². The standard InChI is InChI=1S/C25H18FNO5/c1-14-8-10-15(11-9-14)22(28)20-21(16-4-2-6-18(26)12-16)27(24(30)23(20)29)19-7-3-5-17(13-19)25(31)32/h2-13,21,28H,1H3,(H,31,32)/b22-20-. The van der Waals surface area contributed by atoms with E-state index in [2.05, 4.69) is 0 Å². The van der Waals surface area contributed by atoms with Crippen LogP contribution in [0.4, 0.5) is 10.1 Å². The maximum Gasteiger partial charge on any atom is 0.335 e. The van der Waals surface area contributed by atoms with Crippen LogP contribution >= 0.6 is 0 Å². The molecule has 1 amide bonds. The second-order valence-electron chi connectivity index (χ2n) is 7.45. The molecule has 0 bridgehead atoms. The Kier molecular flexibility index (Phi) is 5.32. The molecular formula is C25H18FNO5. The number of halogens is 1. The molecule has 6 nitrogen and oxygen atoms in total. The minimum Gasteiger partial charge on any atom is -0.507 e. The Bertz CT molecular complexity index is 1280. The number of Topliss-reactive ketones (excluding diaryl/α,β-unsaturated/α-hetero) is 1. The van der Waals surface area contributed by atoms with Crippen LogP contribution in [0.15, 0.2) is 78.4 Å². The van der Waals surface area contributed by atoms with E-state index in [-0.39, 0.29) is 22.4 Å². The molecular weight excluding hydrogens is 413 g/mol. The van der Waals surface area contributed by atoms with Crippen molar-refractivity contribution in [2.75, 3.05) is 4.90 Å². The van der Waals surface area contributed by atoms with Crippen LogP contribution in [0.2, 0.25) is 0 Å². The number of hydrogen-bond donors (Lipinski definition) is 2. The van der Waals surface area contributed by atoms with E-state index < -0.39 is 35.3 Å². The molecule has 1 unspecified atom stereocenters. The summed E-state index contributed by atoms with van der Waals surface area (Å²) in [4.78, 5) is 38.6. The Morgan fingerprint density at radius 3 is 2.25 bits per heavy atom. The zero-order valence-electron chi connectivity index (χ0n) is 16.9. The van der Waals surface area contributed by atoms with Crippen LogP contribution in [0.3, 0.4) is 0 Å². The lowest BCUT2D eigenvalue weighted by atomic mass is 9.94. The summed E-state index contributed by atoms with van der Waals surface area (Å²) in [6, 6.07) is 16.5.